The molecule has 140 valence electrons. The van der Waals surface area contributed by atoms with Crippen LogP contribution in [-0.2, 0) is 19.1 Å². The zero-order chi connectivity index (χ0) is 17.8. The van der Waals surface area contributed by atoms with Crippen molar-refractivity contribution in [3.63, 3.8) is 0 Å². The van der Waals surface area contributed by atoms with Crippen molar-refractivity contribution in [2.45, 2.75) is 51.5 Å². The molecule has 0 aromatic carbocycles. The Bertz CT molecular complexity index is 512. The van der Waals surface area contributed by atoms with Gasteiger partial charge in [-0.25, -0.2) is 9.59 Å². The van der Waals surface area contributed by atoms with Crippen LogP contribution in [0.5, 0.6) is 0 Å². The van der Waals surface area contributed by atoms with E-state index >= 15 is 0 Å². The fourth-order valence-corrected chi connectivity index (χ4v) is 3.97. The predicted molar refractivity (Wildman–Crippen MR) is 89.7 cm³/mol. The van der Waals surface area contributed by atoms with E-state index in [1.807, 2.05) is 0 Å². The summed E-state index contributed by atoms with van der Waals surface area (Å²) in [6.45, 7) is 3.79. The maximum atomic E-state index is 12.2. The van der Waals surface area contributed by atoms with Crippen LogP contribution >= 0.6 is 0 Å². The number of likely N-dealkylation sites (tertiary alicyclic amines) is 1. The largest absolute Gasteiger partial charge is 0.464 e. The minimum atomic E-state index is -0.521. The first-order valence-electron chi connectivity index (χ1n) is 9.47. The Kier molecular flexibility index (Phi) is 5.81. The highest BCUT2D eigenvalue weighted by Crippen LogP contribution is 2.30. The number of esters is 1. The number of β-lactam (4-membered cyclic amide) rings is 1. The summed E-state index contributed by atoms with van der Waals surface area (Å²) in [6.07, 6.45) is 6.26. The third kappa shape index (κ3) is 4.25. The first-order valence-corrected chi connectivity index (χ1v) is 9.47. The number of amides is 2. The second-order valence-electron chi connectivity index (χ2n) is 7.43. The summed E-state index contributed by atoms with van der Waals surface area (Å²) in [6, 6.07) is -0.521. The third-order valence-electron chi connectivity index (χ3n) is 5.55. The summed E-state index contributed by atoms with van der Waals surface area (Å²) in [7, 11) is 0. The van der Waals surface area contributed by atoms with Gasteiger partial charge in [0.1, 0.15) is 6.04 Å². The molecule has 25 heavy (non-hydrogen) atoms. The molecule has 0 radical (unpaired) electrons. The van der Waals surface area contributed by atoms with Crippen LogP contribution in [0.15, 0.2) is 0 Å². The van der Waals surface area contributed by atoms with E-state index in [0.29, 0.717) is 38.6 Å². The number of carbonyl (C=O) groups excluding carboxylic acids is 3. The molecule has 3 aliphatic rings. The first kappa shape index (κ1) is 18.0. The lowest BCUT2D eigenvalue weighted by atomic mass is 9.80. The molecule has 1 saturated carbocycles. The number of nitrogens with one attached hydrogen (secondary N) is 1. The standard InChI is InChI=1S/C18H28N2O5/c1-2-24-18(23)20-9-13(10-20)8-14-15(19-16(14)21)17(22)25-11-12-6-4-3-5-7-12/h12-15H,2-11H2,1H3,(H,19,21)/t14-,15?/m1/s1. The third-order valence-corrected chi connectivity index (χ3v) is 5.55. The van der Waals surface area contributed by atoms with Crippen molar-refractivity contribution in [3.8, 4) is 0 Å². The summed E-state index contributed by atoms with van der Waals surface area (Å²) in [4.78, 5) is 37.3. The molecule has 0 spiro atoms. The van der Waals surface area contributed by atoms with E-state index in [2.05, 4.69) is 5.32 Å². The van der Waals surface area contributed by atoms with Crippen molar-refractivity contribution >= 4 is 18.0 Å². The first-order chi connectivity index (χ1) is 12.1. The van der Waals surface area contributed by atoms with Gasteiger partial charge in [0.2, 0.25) is 5.91 Å². The summed E-state index contributed by atoms with van der Waals surface area (Å²) in [5, 5.41) is 2.67. The minimum Gasteiger partial charge on any atom is -0.464 e. The monoisotopic (exact) mass is 352 g/mol. The van der Waals surface area contributed by atoms with Gasteiger partial charge in [0.15, 0.2) is 0 Å². The van der Waals surface area contributed by atoms with Crippen LogP contribution in [0.2, 0.25) is 0 Å². The molecule has 0 bridgehead atoms. The molecule has 2 saturated heterocycles. The van der Waals surface area contributed by atoms with Gasteiger partial charge < -0.3 is 19.7 Å². The average Bonchev–Trinajstić information content (AvgIpc) is 2.57. The molecule has 2 amide bonds. The quantitative estimate of drug-likeness (QED) is 0.581. The lowest BCUT2D eigenvalue weighted by Gasteiger charge is -2.43. The molecule has 1 aliphatic carbocycles. The molecule has 7 nitrogen and oxygen atoms in total. The highest BCUT2D eigenvalue weighted by Gasteiger charge is 2.47. The van der Waals surface area contributed by atoms with Gasteiger partial charge in [-0.3, -0.25) is 4.79 Å². The van der Waals surface area contributed by atoms with E-state index < -0.39 is 6.04 Å². The summed E-state index contributed by atoms with van der Waals surface area (Å²) in [5.41, 5.74) is 0. The van der Waals surface area contributed by atoms with Crippen molar-refractivity contribution in [1.82, 2.24) is 10.2 Å². The number of hydrogen-bond acceptors (Lipinski definition) is 5. The van der Waals surface area contributed by atoms with Crippen molar-refractivity contribution in [1.29, 1.82) is 0 Å². The highest BCUT2D eigenvalue weighted by atomic mass is 16.6. The molecular weight excluding hydrogens is 324 g/mol. The van der Waals surface area contributed by atoms with Gasteiger partial charge in [-0.1, -0.05) is 19.3 Å². The van der Waals surface area contributed by atoms with E-state index in [1.54, 1.807) is 11.8 Å². The van der Waals surface area contributed by atoms with Crippen molar-refractivity contribution in [2.75, 3.05) is 26.3 Å². The number of rotatable bonds is 6. The van der Waals surface area contributed by atoms with Crippen LogP contribution in [0, 0.1) is 17.8 Å². The predicted octanol–water partition coefficient (Wildman–Crippen LogP) is 1.70. The fourth-order valence-electron chi connectivity index (χ4n) is 3.97. The van der Waals surface area contributed by atoms with Crippen LogP contribution in [0.25, 0.3) is 0 Å². The number of ether oxygens (including phenoxy) is 2. The molecule has 3 fully saturated rings. The Labute approximate surface area is 148 Å². The van der Waals surface area contributed by atoms with Gasteiger partial charge in [-0.15, -0.1) is 0 Å². The normalized spacial score (nSPS) is 27.1. The van der Waals surface area contributed by atoms with Crippen LogP contribution in [-0.4, -0.2) is 55.2 Å². The van der Waals surface area contributed by atoms with E-state index in [0.717, 1.165) is 12.8 Å². The smallest absolute Gasteiger partial charge is 0.409 e. The van der Waals surface area contributed by atoms with Crippen molar-refractivity contribution in [2.24, 2.45) is 17.8 Å². The molecule has 1 N–H and O–H groups in total. The molecule has 7 heteroatoms. The Hall–Kier alpha value is -1.79. The molecule has 1 unspecified atom stereocenters. The average molecular weight is 352 g/mol. The zero-order valence-electron chi connectivity index (χ0n) is 14.9. The summed E-state index contributed by atoms with van der Waals surface area (Å²) >= 11 is 0. The van der Waals surface area contributed by atoms with Crippen molar-refractivity contribution < 1.29 is 23.9 Å². The summed E-state index contributed by atoms with van der Waals surface area (Å²) in [5.74, 6) is -0.00931. The van der Waals surface area contributed by atoms with Crippen LogP contribution in [0.1, 0.15) is 45.4 Å². The van der Waals surface area contributed by atoms with Crippen LogP contribution in [0.3, 0.4) is 0 Å². The lowest BCUT2D eigenvalue weighted by Crippen LogP contribution is -2.64. The fraction of sp³-hybridized carbons (Fsp3) is 0.833. The Balaban J connectivity index is 1.39. The number of hydrogen-bond donors (Lipinski definition) is 1. The van der Waals surface area contributed by atoms with Gasteiger partial charge in [0.05, 0.1) is 19.1 Å². The van der Waals surface area contributed by atoms with E-state index in [-0.39, 0.29) is 29.8 Å². The second-order valence-corrected chi connectivity index (χ2v) is 7.43. The second kappa shape index (κ2) is 8.06. The van der Waals surface area contributed by atoms with Crippen LogP contribution < -0.4 is 5.32 Å². The minimum absolute atomic E-state index is 0.0887. The molecule has 0 aromatic rings. The molecule has 2 atom stereocenters. The molecule has 2 heterocycles. The topological polar surface area (TPSA) is 84.9 Å². The van der Waals surface area contributed by atoms with E-state index in [4.69, 9.17) is 9.47 Å². The van der Waals surface area contributed by atoms with E-state index in [9.17, 15) is 14.4 Å². The van der Waals surface area contributed by atoms with Gasteiger partial charge in [0, 0.05) is 13.1 Å². The Morgan fingerprint density at radius 3 is 2.48 bits per heavy atom. The van der Waals surface area contributed by atoms with Gasteiger partial charge in [-0.2, -0.15) is 0 Å². The maximum Gasteiger partial charge on any atom is 0.409 e. The van der Waals surface area contributed by atoms with Gasteiger partial charge >= 0.3 is 12.1 Å². The molecule has 0 aromatic heterocycles. The molecule has 2 aliphatic heterocycles. The van der Waals surface area contributed by atoms with Crippen molar-refractivity contribution in [3.05, 3.63) is 0 Å². The maximum absolute atomic E-state index is 12.2. The van der Waals surface area contributed by atoms with Gasteiger partial charge in [0.25, 0.3) is 0 Å². The Morgan fingerprint density at radius 1 is 1.12 bits per heavy atom. The number of nitrogens with zero attached hydrogens (tertiary/aromatic N) is 1. The lowest BCUT2D eigenvalue weighted by molar-refractivity contribution is -0.160. The van der Waals surface area contributed by atoms with Gasteiger partial charge in [-0.05, 0) is 38.0 Å². The SMILES string of the molecule is CCOC(=O)N1CC(C[C@H]2C(=O)NC2C(=O)OCC2CCCCC2)C1. The zero-order valence-corrected chi connectivity index (χ0v) is 14.9. The summed E-state index contributed by atoms with van der Waals surface area (Å²) < 4.78 is 10.4. The molecular formula is C18H28N2O5. The Morgan fingerprint density at radius 2 is 1.84 bits per heavy atom. The molecule has 3 rings (SSSR count). The highest BCUT2D eigenvalue weighted by molar-refractivity contribution is 5.97. The van der Waals surface area contributed by atoms with Crippen LogP contribution in [0.4, 0.5) is 4.79 Å². The van der Waals surface area contributed by atoms with E-state index in [1.165, 1.54) is 19.3 Å². The number of carbonyl (C=O) groups is 3.